The van der Waals surface area contributed by atoms with Crippen LogP contribution in [0.5, 0.6) is 11.5 Å². The van der Waals surface area contributed by atoms with Crippen molar-refractivity contribution in [2.75, 3.05) is 40.4 Å². The molecule has 0 unspecified atom stereocenters. The number of nitrogens with one attached hydrogen (secondary N) is 1. The number of rotatable bonds is 9. The molecular formula is C30H35N5O6. The Labute approximate surface area is 239 Å². The minimum absolute atomic E-state index is 0.0757. The smallest absolute Gasteiger partial charge is 0.409 e. The molecule has 0 radical (unpaired) electrons. The number of methoxy groups -OCH3 is 2. The lowest BCUT2D eigenvalue weighted by Gasteiger charge is -2.33. The predicted octanol–water partition coefficient (Wildman–Crippen LogP) is 3.34. The van der Waals surface area contributed by atoms with Gasteiger partial charge in [0.15, 0.2) is 11.5 Å². The van der Waals surface area contributed by atoms with Crippen LogP contribution < -0.4 is 14.8 Å². The number of aryl methyl sites for hydroxylation is 1. The lowest BCUT2D eigenvalue weighted by Crippen LogP contribution is -2.50. The number of ether oxygens (including phenoxy) is 3. The molecule has 0 bridgehead atoms. The number of nitrogens with zero attached hydrogens (tertiary/aromatic N) is 4. The minimum Gasteiger partial charge on any atom is -0.493 e. The molecule has 2 heterocycles. The van der Waals surface area contributed by atoms with E-state index >= 15 is 0 Å². The second-order valence-corrected chi connectivity index (χ2v) is 10.2. The molecule has 1 aliphatic carbocycles. The summed E-state index contributed by atoms with van der Waals surface area (Å²) < 4.78 is 18.1. The number of carbonyl (C=O) groups excluding carboxylic acids is 3. The van der Waals surface area contributed by atoms with Crippen molar-refractivity contribution < 1.29 is 28.6 Å². The van der Waals surface area contributed by atoms with E-state index in [1.165, 1.54) is 7.11 Å². The van der Waals surface area contributed by atoms with Crippen molar-refractivity contribution in [1.82, 2.24) is 24.9 Å². The summed E-state index contributed by atoms with van der Waals surface area (Å²) in [5.41, 5.74) is 3.76. The highest BCUT2D eigenvalue weighted by molar-refractivity contribution is 5.94. The summed E-state index contributed by atoms with van der Waals surface area (Å²) in [6.07, 6.45) is 1.88. The van der Waals surface area contributed by atoms with Gasteiger partial charge in [-0.25, -0.2) is 4.79 Å². The molecule has 0 spiro atoms. The van der Waals surface area contributed by atoms with E-state index < -0.39 is 0 Å². The van der Waals surface area contributed by atoms with Crippen molar-refractivity contribution in [2.45, 2.75) is 31.9 Å². The van der Waals surface area contributed by atoms with Crippen LogP contribution in [-0.2, 0) is 24.9 Å². The van der Waals surface area contributed by atoms with Crippen LogP contribution in [0.4, 0.5) is 4.79 Å². The Balaban J connectivity index is 1.16. The van der Waals surface area contributed by atoms with Crippen LogP contribution in [0.2, 0.25) is 0 Å². The van der Waals surface area contributed by atoms with Crippen molar-refractivity contribution in [3.8, 4) is 11.5 Å². The molecule has 5 rings (SSSR count). The van der Waals surface area contributed by atoms with E-state index in [1.807, 2.05) is 36.4 Å². The van der Waals surface area contributed by atoms with E-state index in [9.17, 15) is 14.4 Å². The van der Waals surface area contributed by atoms with Crippen LogP contribution in [0, 0.1) is 0 Å². The highest BCUT2D eigenvalue weighted by atomic mass is 16.5. The Morgan fingerprint density at radius 2 is 1.68 bits per heavy atom. The number of amides is 3. The van der Waals surface area contributed by atoms with E-state index in [1.54, 1.807) is 40.8 Å². The van der Waals surface area contributed by atoms with E-state index in [0.29, 0.717) is 54.9 Å². The monoisotopic (exact) mass is 561 g/mol. The maximum absolute atomic E-state index is 12.9. The first-order chi connectivity index (χ1) is 19.9. The number of para-hydroxylation sites is 1. The van der Waals surface area contributed by atoms with Gasteiger partial charge in [0.1, 0.15) is 12.3 Å². The molecular weight excluding hydrogens is 526 g/mol. The van der Waals surface area contributed by atoms with Gasteiger partial charge in [-0.1, -0.05) is 24.3 Å². The van der Waals surface area contributed by atoms with Crippen LogP contribution in [0.25, 0.3) is 0 Å². The molecule has 1 aliphatic heterocycles. The molecule has 2 fully saturated rings. The van der Waals surface area contributed by atoms with Crippen molar-refractivity contribution in [1.29, 1.82) is 0 Å². The topological polar surface area (TPSA) is 115 Å². The summed E-state index contributed by atoms with van der Waals surface area (Å²) in [5.74, 6) is 1.31. The van der Waals surface area contributed by atoms with Gasteiger partial charge in [0.05, 0.1) is 19.9 Å². The molecule has 1 saturated carbocycles. The number of benzene rings is 2. The van der Waals surface area contributed by atoms with Gasteiger partial charge in [-0.15, -0.1) is 0 Å². The molecule has 11 heteroatoms. The fourth-order valence-electron chi connectivity index (χ4n) is 4.90. The second-order valence-electron chi connectivity index (χ2n) is 10.2. The molecule has 11 nitrogen and oxygen atoms in total. The fraction of sp³-hybridized carbons (Fsp3) is 0.400. The largest absolute Gasteiger partial charge is 0.493 e. The molecule has 0 atom stereocenters. The minimum atomic E-state index is -0.375. The molecule has 2 aliphatic rings. The molecule has 3 amide bonds. The SMILES string of the molecule is COC(=O)N1CCN(C(=O)c2ccc(COc3cccc(CNC(=O)c4cc(C5CC5)nn4C)c3OC)cc2)CC1. The fourth-order valence-corrected chi connectivity index (χ4v) is 4.90. The van der Waals surface area contributed by atoms with Crippen LogP contribution in [0.15, 0.2) is 48.5 Å². The average Bonchev–Trinajstić information content (AvgIpc) is 3.79. The maximum Gasteiger partial charge on any atom is 0.409 e. The van der Waals surface area contributed by atoms with Gasteiger partial charge in [-0.05, 0) is 42.7 Å². The first-order valence-corrected chi connectivity index (χ1v) is 13.7. The summed E-state index contributed by atoms with van der Waals surface area (Å²) in [4.78, 5) is 40.8. The summed E-state index contributed by atoms with van der Waals surface area (Å²) >= 11 is 0. The van der Waals surface area contributed by atoms with Gasteiger partial charge in [0.2, 0.25) is 0 Å². The normalized spacial score (nSPS) is 14.9. The van der Waals surface area contributed by atoms with Gasteiger partial charge in [-0.2, -0.15) is 5.10 Å². The van der Waals surface area contributed by atoms with Crippen LogP contribution in [-0.4, -0.2) is 77.9 Å². The van der Waals surface area contributed by atoms with Gasteiger partial charge < -0.3 is 29.3 Å². The zero-order chi connectivity index (χ0) is 28.9. The molecule has 2 aromatic carbocycles. The number of hydrogen-bond acceptors (Lipinski definition) is 7. The maximum atomic E-state index is 12.9. The van der Waals surface area contributed by atoms with Crippen molar-refractivity contribution in [3.63, 3.8) is 0 Å². The van der Waals surface area contributed by atoms with Crippen LogP contribution >= 0.6 is 0 Å². The van der Waals surface area contributed by atoms with Crippen LogP contribution in [0.1, 0.15) is 56.4 Å². The second kappa shape index (κ2) is 12.3. The van der Waals surface area contributed by atoms with Crippen molar-refractivity contribution in [2.24, 2.45) is 7.05 Å². The van der Waals surface area contributed by atoms with Crippen molar-refractivity contribution in [3.05, 3.63) is 76.6 Å². The lowest BCUT2D eigenvalue weighted by molar-refractivity contribution is 0.0599. The average molecular weight is 562 g/mol. The van der Waals surface area contributed by atoms with Crippen molar-refractivity contribution >= 4 is 17.9 Å². The standard InChI is InChI=1S/C30H35N5O6/c1-33-25(17-24(32-33)21-11-12-21)28(36)31-18-23-5-4-6-26(27(23)39-2)41-19-20-7-9-22(10-8-20)29(37)34-13-15-35(16-14-34)30(38)40-3/h4-10,17,21H,11-16,18-19H2,1-3H3,(H,31,36). The van der Waals surface area contributed by atoms with E-state index in [2.05, 4.69) is 10.4 Å². The summed E-state index contributed by atoms with van der Waals surface area (Å²) in [6, 6.07) is 14.7. The summed E-state index contributed by atoms with van der Waals surface area (Å²) in [5, 5.41) is 7.44. The summed E-state index contributed by atoms with van der Waals surface area (Å²) in [7, 11) is 4.71. The Morgan fingerprint density at radius 1 is 0.976 bits per heavy atom. The first-order valence-electron chi connectivity index (χ1n) is 13.7. The third-order valence-corrected chi connectivity index (χ3v) is 7.43. The molecule has 216 valence electrons. The number of piperazine rings is 1. The van der Waals surface area contributed by atoms with E-state index in [-0.39, 0.29) is 31.1 Å². The van der Waals surface area contributed by atoms with Gasteiger partial charge in [0, 0.05) is 56.8 Å². The number of carbonyl (C=O) groups is 3. The quantitative estimate of drug-likeness (QED) is 0.426. The third-order valence-electron chi connectivity index (χ3n) is 7.43. The highest BCUT2D eigenvalue weighted by Crippen LogP contribution is 2.39. The van der Waals surface area contributed by atoms with E-state index in [0.717, 1.165) is 29.7 Å². The number of hydrogen-bond donors (Lipinski definition) is 1. The highest BCUT2D eigenvalue weighted by Gasteiger charge is 2.28. The summed E-state index contributed by atoms with van der Waals surface area (Å²) in [6.45, 7) is 2.35. The molecule has 1 saturated heterocycles. The first kappa shape index (κ1) is 28.0. The molecule has 1 aromatic heterocycles. The zero-order valence-corrected chi connectivity index (χ0v) is 23.6. The zero-order valence-electron chi connectivity index (χ0n) is 23.6. The van der Waals surface area contributed by atoms with E-state index in [4.69, 9.17) is 14.2 Å². The van der Waals surface area contributed by atoms with Gasteiger partial charge in [-0.3, -0.25) is 14.3 Å². The lowest BCUT2D eigenvalue weighted by atomic mass is 10.1. The Hall–Kier alpha value is -4.54. The third kappa shape index (κ3) is 6.45. The molecule has 3 aromatic rings. The molecule has 41 heavy (non-hydrogen) atoms. The Bertz CT molecular complexity index is 1410. The predicted molar refractivity (Wildman–Crippen MR) is 150 cm³/mol. The van der Waals surface area contributed by atoms with Gasteiger partial charge >= 0.3 is 6.09 Å². The van der Waals surface area contributed by atoms with Crippen LogP contribution in [0.3, 0.4) is 0 Å². The van der Waals surface area contributed by atoms with Gasteiger partial charge in [0.25, 0.3) is 11.8 Å². The molecule has 1 N–H and O–H groups in total. The Morgan fingerprint density at radius 3 is 2.34 bits per heavy atom. The Kier molecular flexibility index (Phi) is 8.42. The number of aromatic nitrogens is 2.